The third-order valence-electron chi connectivity index (χ3n) is 2.64. The van der Waals surface area contributed by atoms with Crippen LogP contribution in [-0.2, 0) is 9.59 Å². The number of nitrogens with zero attached hydrogens (tertiary/aromatic N) is 1. The Morgan fingerprint density at radius 2 is 2.10 bits per heavy atom. The van der Waals surface area contributed by atoms with Gasteiger partial charge in [-0.15, -0.1) is 11.3 Å². The molecule has 0 aliphatic carbocycles. The lowest BCUT2D eigenvalue weighted by atomic mass is 10.1. The van der Waals surface area contributed by atoms with Gasteiger partial charge < -0.3 is 21.5 Å². The monoisotopic (exact) mass is 314 g/mol. The fourth-order valence-corrected chi connectivity index (χ4v) is 2.38. The summed E-state index contributed by atoms with van der Waals surface area (Å²) in [5.74, 6) is -1.83. The first-order valence-electron chi connectivity index (χ1n) is 6.29. The highest BCUT2D eigenvalue weighted by Crippen LogP contribution is 2.17. The lowest BCUT2D eigenvalue weighted by Crippen LogP contribution is -2.46. The van der Waals surface area contributed by atoms with Crippen LogP contribution in [0.1, 0.15) is 36.5 Å². The Morgan fingerprint density at radius 1 is 1.43 bits per heavy atom. The summed E-state index contributed by atoms with van der Waals surface area (Å²) < 4.78 is 0. The maximum absolute atomic E-state index is 11.8. The normalized spacial score (nSPS) is 13.2. The molecule has 0 spiro atoms. The van der Waals surface area contributed by atoms with Crippen molar-refractivity contribution in [2.75, 3.05) is 0 Å². The van der Waals surface area contributed by atoms with Crippen LogP contribution < -0.4 is 16.4 Å². The van der Waals surface area contributed by atoms with Gasteiger partial charge in [-0.05, 0) is 20.3 Å². The predicted octanol–water partition coefficient (Wildman–Crippen LogP) is 0.530. The lowest BCUT2D eigenvalue weighted by Gasteiger charge is -2.17. The van der Waals surface area contributed by atoms with Crippen molar-refractivity contribution in [1.29, 1.82) is 0 Å². The second-order valence-corrected chi connectivity index (χ2v) is 5.45. The smallest absolute Gasteiger partial charge is 0.326 e. The number of primary amides is 1. The van der Waals surface area contributed by atoms with E-state index < -0.39 is 23.9 Å². The molecular formula is C12H18N4O4S. The van der Waals surface area contributed by atoms with Crippen LogP contribution in [-0.4, -0.2) is 34.0 Å². The number of carboxylic acids is 1. The SMILES string of the molecule is Cc1csc(C(C)NC(=O)NC(CCC(N)=O)C(=O)O)n1. The van der Waals surface area contributed by atoms with Gasteiger partial charge in [0.25, 0.3) is 0 Å². The van der Waals surface area contributed by atoms with Crippen molar-refractivity contribution in [3.05, 3.63) is 16.1 Å². The molecule has 0 fully saturated rings. The second-order valence-electron chi connectivity index (χ2n) is 4.56. The third-order valence-corrected chi connectivity index (χ3v) is 3.78. The third kappa shape index (κ3) is 5.78. The van der Waals surface area contributed by atoms with Crippen LogP contribution in [0, 0.1) is 6.92 Å². The number of rotatable bonds is 7. The highest BCUT2D eigenvalue weighted by molar-refractivity contribution is 7.09. The molecule has 3 amide bonds. The summed E-state index contributed by atoms with van der Waals surface area (Å²) >= 11 is 1.41. The molecule has 1 aromatic rings. The summed E-state index contributed by atoms with van der Waals surface area (Å²) in [6, 6.07) is -2.13. The molecule has 0 saturated heterocycles. The van der Waals surface area contributed by atoms with Crippen molar-refractivity contribution in [3.63, 3.8) is 0 Å². The highest BCUT2D eigenvalue weighted by Gasteiger charge is 2.21. The van der Waals surface area contributed by atoms with Gasteiger partial charge in [-0.25, -0.2) is 14.6 Å². The van der Waals surface area contributed by atoms with E-state index in [-0.39, 0.29) is 18.9 Å². The Hall–Kier alpha value is -2.16. The molecule has 9 heteroatoms. The van der Waals surface area contributed by atoms with E-state index in [9.17, 15) is 14.4 Å². The number of aromatic nitrogens is 1. The minimum atomic E-state index is -1.22. The number of nitrogens with one attached hydrogen (secondary N) is 2. The number of aryl methyl sites for hydroxylation is 1. The molecule has 2 unspecified atom stereocenters. The molecule has 0 radical (unpaired) electrons. The van der Waals surface area contributed by atoms with Crippen LogP contribution in [0.3, 0.4) is 0 Å². The largest absolute Gasteiger partial charge is 0.480 e. The number of aliphatic carboxylic acids is 1. The topological polar surface area (TPSA) is 134 Å². The van der Waals surface area contributed by atoms with Crippen LogP contribution >= 0.6 is 11.3 Å². The number of nitrogens with two attached hydrogens (primary N) is 1. The molecule has 0 saturated carbocycles. The molecule has 0 aliphatic rings. The summed E-state index contributed by atoms with van der Waals surface area (Å²) in [5.41, 5.74) is 5.82. The van der Waals surface area contributed by atoms with Crippen molar-refractivity contribution in [2.45, 2.75) is 38.8 Å². The van der Waals surface area contributed by atoms with Gasteiger partial charge in [-0.1, -0.05) is 0 Å². The molecular weight excluding hydrogens is 296 g/mol. The molecule has 5 N–H and O–H groups in total. The summed E-state index contributed by atoms with van der Waals surface area (Å²) in [4.78, 5) is 37.7. The van der Waals surface area contributed by atoms with E-state index in [4.69, 9.17) is 10.8 Å². The van der Waals surface area contributed by atoms with E-state index in [2.05, 4.69) is 15.6 Å². The van der Waals surface area contributed by atoms with Gasteiger partial charge in [-0.2, -0.15) is 0 Å². The van der Waals surface area contributed by atoms with E-state index in [0.29, 0.717) is 0 Å². The van der Waals surface area contributed by atoms with Gasteiger partial charge in [0.2, 0.25) is 5.91 Å². The van der Waals surface area contributed by atoms with Gasteiger partial charge in [-0.3, -0.25) is 4.79 Å². The van der Waals surface area contributed by atoms with E-state index in [0.717, 1.165) is 10.7 Å². The Kier molecular flexibility index (Phi) is 6.10. The Morgan fingerprint density at radius 3 is 2.57 bits per heavy atom. The molecule has 0 bridgehead atoms. The summed E-state index contributed by atoms with van der Waals surface area (Å²) in [6.45, 7) is 3.59. The number of amides is 3. The number of urea groups is 1. The molecule has 1 rings (SSSR count). The molecule has 0 aromatic carbocycles. The quantitative estimate of drug-likeness (QED) is 0.582. The zero-order valence-electron chi connectivity index (χ0n) is 11.8. The number of carbonyl (C=O) groups is 3. The van der Waals surface area contributed by atoms with Gasteiger partial charge in [0.15, 0.2) is 0 Å². The zero-order chi connectivity index (χ0) is 16.0. The Balaban J connectivity index is 2.53. The molecule has 116 valence electrons. The van der Waals surface area contributed by atoms with Crippen molar-refractivity contribution in [3.8, 4) is 0 Å². The van der Waals surface area contributed by atoms with Gasteiger partial charge in [0.05, 0.1) is 6.04 Å². The van der Waals surface area contributed by atoms with Crippen LogP contribution in [0.15, 0.2) is 5.38 Å². The first kappa shape index (κ1) is 16.9. The van der Waals surface area contributed by atoms with Crippen molar-refractivity contribution < 1.29 is 19.5 Å². The minimum Gasteiger partial charge on any atom is -0.480 e. The molecule has 1 aromatic heterocycles. The van der Waals surface area contributed by atoms with Gasteiger partial charge in [0, 0.05) is 17.5 Å². The van der Waals surface area contributed by atoms with Crippen LogP contribution in [0.2, 0.25) is 0 Å². The summed E-state index contributed by atoms with van der Waals surface area (Å²) in [5, 5.41) is 16.5. The number of hydrogen-bond acceptors (Lipinski definition) is 5. The molecule has 0 aliphatic heterocycles. The second kappa shape index (κ2) is 7.58. The average molecular weight is 314 g/mol. The molecule has 2 atom stereocenters. The van der Waals surface area contributed by atoms with E-state index in [1.165, 1.54) is 11.3 Å². The van der Waals surface area contributed by atoms with Gasteiger partial charge >= 0.3 is 12.0 Å². The Labute approximate surface area is 125 Å². The summed E-state index contributed by atoms with van der Waals surface area (Å²) in [6.07, 6.45) is -0.165. The maximum atomic E-state index is 11.8. The van der Waals surface area contributed by atoms with Crippen molar-refractivity contribution in [2.24, 2.45) is 5.73 Å². The average Bonchev–Trinajstić information content (AvgIpc) is 2.80. The fraction of sp³-hybridized carbons (Fsp3) is 0.500. The number of carbonyl (C=O) groups excluding carboxylic acids is 2. The summed E-state index contributed by atoms with van der Waals surface area (Å²) in [7, 11) is 0. The fourth-order valence-electron chi connectivity index (χ4n) is 1.57. The number of carboxylic acid groups (broad SMARTS) is 1. The molecule has 21 heavy (non-hydrogen) atoms. The van der Waals surface area contributed by atoms with Crippen molar-refractivity contribution >= 4 is 29.2 Å². The zero-order valence-corrected chi connectivity index (χ0v) is 12.6. The van der Waals surface area contributed by atoms with Crippen LogP contribution in [0.4, 0.5) is 4.79 Å². The van der Waals surface area contributed by atoms with E-state index in [1.54, 1.807) is 6.92 Å². The highest BCUT2D eigenvalue weighted by atomic mass is 32.1. The first-order chi connectivity index (χ1) is 9.79. The number of thiazole rings is 1. The molecule has 8 nitrogen and oxygen atoms in total. The molecule has 1 heterocycles. The maximum Gasteiger partial charge on any atom is 0.326 e. The number of hydrogen-bond donors (Lipinski definition) is 4. The van der Waals surface area contributed by atoms with Crippen LogP contribution in [0.25, 0.3) is 0 Å². The van der Waals surface area contributed by atoms with Crippen molar-refractivity contribution in [1.82, 2.24) is 15.6 Å². The minimum absolute atomic E-state index is 0.0528. The van der Waals surface area contributed by atoms with Crippen LogP contribution in [0.5, 0.6) is 0 Å². The standard InChI is InChI=1S/C12H18N4O4S/c1-6-5-21-10(14-6)7(2)15-12(20)16-8(11(18)19)3-4-9(13)17/h5,7-8H,3-4H2,1-2H3,(H2,13,17)(H,18,19)(H2,15,16,20). The van der Waals surface area contributed by atoms with E-state index >= 15 is 0 Å². The van der Waals surface area contributed by atoms with E-state index in [1.807, 2.05) is 12.3 Å². The Bertz CT molecular complexity index is 531. The van der Waals surface area contributed by atoms with Gasteiger partial charge in [0.1, 0.15) is 11.0 Å². The lowest BCUT2D eigenvalue weighted by molar-refractivity contribution is -0.139. The predicted molar refractivity (Wildman–Crippen MR) is 76.8 cm³/mol. The first-order valence-corrected chi connectivity index (χ1v) is 7.17.